The van der Waals surface area contributed by atoms with Gasteiger partial charge in [-0.3, -0.25) is 0 Å². The van der Waals surface area contributed by atoms with E-state index in [1.54, 1.807) is 0 Å². The van der Waals surface area contributed by atoms with Gasteiger partial charge in [-0.05, 0) is 30.0 Å². The first-order valence-corrected chi connectivity index (χ1v) is 6.91. The smallest absolute Gasteiger partial charge is 0.0943 e. The highest BCUT2D eigenvalue weighted by atomic mass is 35.5. The van der Waals surface area contributed by atoms with E-state index in [-0.39, 0.29) is 6.10 Å². The van der Waals surface area contributed by atoms with Crippen LogP contribution in [0.4, 0.5) is 0 Å². The predicted octanol–water partition coefficient (Wildman–Crippen LogP) is 3.67. The van der Waals surface area contributed by atoms with Gasteiger partial charge in [0.1, 0.15) is 0 Å². The van der Waals surface area contributed by atoms with Gasteiger partial charge >= 0.3 is 0 Å². The van der Waals surface area contributed by atoms with Crippen LogP contribution in [0.25, 0.3) is 0 Å². The summed E-state index contributed by atoms with van der Waals surface area (Å²) in [6.07, 6.45) is 1.39. The minimum absolute atomic E-state index is 0.115. The largest absolute Gasteiger partial charge is 0.385 e. The number of hydrogen-bond donors (Lipinski definition) is 1. The Morgan fingerprint density at radius 2 is 2.17 bits per heavy atom. The van der Waals surface area contributed by atoms with E-state index in [4.69, 9.17) is 16.3 Å². The number of benzene rings is 1. The summed E-state index contributed by atoms with van der Waals surface area (Å²) in [4.78, 5) is 0. The molecule has 0 amide bonds. The monoisotopic (exact) mass is 268 g/mol. The molecule has 1 N–H and O–H groups in total. The molecule has 1 aliphatic rings. The van der Waals surface area contributed by atoms with Crippen molar-refractivity contribution in [3.8, 4) is 0 Å². The van der Waals surface area contributed by atoms with Crippen LogP contribution in [0, 0.1) is 12.8 Å². The molecule has 0 aromatic heterocycles. The topological polar surface area (TPSA) is 29.5 Å². The van der Waals surface area contributed by atoms with Gasteiger partial charge in [0.05, 0.1) is 18.3 Å². The van der Waals surface area contributed by atoms with Crippen molar-refractivity contribution in [2.24, 2.45) is 5.92 Å². The zero-order valence-corrected chi connectivity index (χ0v) is 12.0. The van der Waals surface area contributed by atoms with Gasteiger partial charge in [0, 0.05) is 17.9 Å². The van der Waals surface area contributed by atoms with Crippen LogP contribution in [0.3, 0.4) is 0 Å². The zero-order valence-electron chi connectivity index (χ0n) is 11.2. The number of hydrogen-bond acceptors (Lipinski definition) is 2. The first-order chi connectivity index (χ1) is 8.42. The molecule has 1 saturated heterocycles. The molecule has 0 radical (unpaired) electrons. The van der Waals surface area contributed by atoms with Gasteiger partial charge < -0.3 is 9.84 Å². The maximum absolute atomic E-state index is 10.8. The maximum atomic E-state index is 10.8. The molecular formula is C15H21ClO2. The summed E-state index contributed by atoms with van der Waals surface area (Å²) in [5, 5.41) is 11.6. The van der Waals surface area contributed by atoms with Crippen molar-refractivity contribution < 1.29 is 9.84 Å². The number of aryl methyl sites for hydroxylation is 1. The van der Waals surface area contributed by atoms with E-state index in [1.165, 1.54) is 0 Å². The van der Waals surface area contributed by atoms with Gasteiger partial charge in [0.25, 0.3) is 0 Å². The molecule has 1 heterocycles. The maximum Gasteiger partial charge on any atom is 0.0943 e. The summed E-state index contributed by atoms with van der Waals surface area (Å²) in [6, 6.07) is 5.83. The fourth-order valence-electron chi connectivity index (χ4n) is 2.45. The molecule has 2 atom stereocenters. The molecule has 3 heteroatoms. The third kappa shape index (κ3) is 2.71. The van der Waals surface area contributed by atoms with Crippen molar-refractivity contribution in [2.75, 3.05) is 6.61 Å². The van der Waals surface area contributed by atoms with E-state index in [0.717, 1.165) is 11.1 Å². The Bertz CT molecular complexity index is 431. The minimum Gasteiger partial charge on any atom is -0.385 e. The fraction of sp³-hybridized carbons (Fsp3) is 0.600. The normalized spacial score (nSPS) is 28.7. The van der Waals surface area contributed by atoms with Gasteiger partial charge in [0.15, 0.2) is 0 Å². The summed E-state index contributed by atoms with van der Waals surface area (Å²) < 4.78 is 5.72. The highest BCUT2D eigenvalue weighted by molar-refractivity contribution is 6.31. The Morgan fingerprint density at radius 3 is 2.78 bits per heavy atom. The highest BCUT2D eigenvalue weighted by Gasteiger charge is 2.37. The van der Waals surface area contributed by atoms with Crippen molar-refractivity contribution in [1.29, 1.82) is 0 Å². The minimum atomic E-state index is -0.801. The van der Waals surface area contributed by atoms with Gasteiger partial charge in [-0.1, -0.05) is 37.6 Å². The predicted molar refractivity (Wildman–Crippen MR) is 73.9 cm³/mol. The van der Waals surface area contributed by atoms with Crippen molar-refractivity contribution in [3.05, 3.63) is 34.3 Å². The van der Waals surface area contributed by atoms with E-state index in [2.05, 4.69) is 13.8 Å². The quantitative estimate of drug-likeness (QED) is 0.887. The van der Waals surface area contributed by atoms with Crippen LogP contribution >= 0.6 is 11.6 Å². The molecule has 0 bridgehead atoms. The van der Waals surface area contributed by atoms with Gasteiger partial charge in [-0.25, -0.2) is 0 Å². The second kappa shape index (κ2) is 5.20. The molecule has 0 spiro atoms. The van der Waals surface area contributed by atoms with E-state index in [0.29, 0.717) is 30.4 Å². The first kappa shape index (κ1) is 13.9. The fourth-order valence-corrected chi connectivity index (χ4v) is 2.63. The molecule has 100 valence electrons. The second-order valence-electron chi connectivity index (χ2n) is 5.60. The summed E-state index contributed by atoms with van der Waals surface area (Å²) in [7, 11) is 0. The average molecular weight is 269 g/mol. The Balaban J connectivity index is 2.26. The van der Waals surface area contributed by atoms with Gasteiger partial charge in [0.2, 0.25) is 0 Å². The number of rotatable bonds is 2. The first-order valence-electron chi connectivity index (χ1n) is 6.53. The van der Waals surface area contributed by atoms with Crippen LogP contribution in [0.2, 0.25) is 5.02 Å². The summed E-state index contributed by atoms with van der Waals surface area (Å²) in [6.45, 7) is 6.82. The third-order valence-electron chi connectivity index (χ3n) is 3.84. The van der Waals surface area contributed by atoms with E-state index < -0.39 is 5.60 Å². The molecule has 2 unspecified atom stereocenters. The molecule has 1 aliphatic heterocycles. The number of ether oxygens (including phenoxy) is 1. The lowest BCUT2D eigenvalue weighted by molar-refractivity contribution is -0.121. The summed E-state index contributed by atoms with van der Waals surface area (Å²) in [5.74, 6) is 0.415. The SMILES string of the molecule is Cc1ccc(C2(O)CCOC(C(C)C)C2)cc1Cl. The molecule has 0 aliphatic carbocycles. The second-order valence-corrected chi connectivity index (χ2v) is 6.01. The lowest BCUT2D eigenvalue weighted by Crippen LogP contribution is -2.40. The van der Waals surface area contributed by atoms with Crippen LogP contribution < -0.4 is 0 Å². The van der Waals surface area contributed by atoms with Gasteiger partial charge in [-0.2, -0.15) is 0 Å². The Morgan fingerprint density at radius 1 is 1.44 bits per heavy atom. The van der Waals surface area contributed by atoms with Crippen LogP contribution in [-0.4, -0.2) is 17.8 Å². The summed E-state index contributed by atoms with van der Waals surface area (Å²) in [5.41, 5.74) is 1.15. The van der Waals surface area contributed by atoms with Crippen LogP contribution in [0.1, 0.15) is 37.8 Å². The molecule has 1 aromatic carbocycles. The van der Waals surface area contributed by atoms with E-state index >= 15 is 0 Å². The lowest BCUT2D eigenvalue weighted by Gasteiger charge is -2.39. The van der Waals surface area contributed by atoms with Crippen molar-refractivity contribution >= 4 is 11.6 Å². The van der Waals surface area contributed by atoms with E-state index in [1.807, 2.05) is 25.1 Å². The highest BCUT2D eigenvalue weighted by Crippen LogP contribution is 2.37. The standard InChI is InChI=1S/C15H21ClO2/c1-10(2)14-9-15(17,6-7-18-14)12-5-4-11(3)13(16)8-12/h4-5,8,10,14,17H,6-7,9H2,1-3H3. The molecule has 2 rings (SSSR count). The molecule has 0 saturated carbocycles. The van der Waals surface area contributed by atoms with Crippen molar-refractivity contribution in [1.82, 2.24) is 0 Å². The molecular weight excluding hydrogens is 248 g/mol. The zero-order chi connectivity index (χ0) is 13.3. The van der Waals surface area contributed by atoms with Gasteiger partial charge in [-0.15, -0.1) is 0 Å². The van der Waals surface area contributed by atoms with Crippen molar-refractivity contribution in [2.45, 2.75) is 45.3 Å². The van der Waals surface area contributed by atoms with Crippen LogP contribution in [0.5, 0.6) is 0 Å². The Kier molecular flexibility index (Phi) is 4.00. The molecule has 2 nitrogen and oxygen atoms in total. The summed E-state index contributed by atoms with van der Waals surface area (Å²) >= 11 is 6.15. The van der Waals surface area contributed by atoms with Crippen LogP contribution in [0.15, 0.2) is 18.2 Å². The van der Waals surface area contributed by atoms with Crippen LogP contribution in [-0.2, 0) is 10.3 Å². The lowest BCUT2D eigenvalue weighted by atomic mass is 9.81. The molecule has 1 aromatic rings. The van der Waals surface area contributed by atoms with E-state index in [9.17, 15) is 5.11 Å². The molecule has 1 fully saturated rings. The number of aliphatic hydroxyl groups is 1. The van der Waals surface area contributed by atoms with Crippen molar-refractivity contribution in [3.63, 3.8) is 0 Å². The molecule has 18 heavy (non-hydrogen) atoms. The Labute approximate surface area is 114 Å². The Hall–Kier alpha value is -0.570. The number of halogens is 1. The average Bonchev–Trinajstić information content (AvgIpc) is 2.32. The third-order valence-corrected chi connectivity index (χ3v) is 4.25.